The average molecular weight is 668 g/mol. The molecular formula is C49H33NO2. The van der Waals surface area contributed by atoms with Gasteiger partial charge in [0.2, 0.25) is 0 Å². The van der Waals surface area contributed by atoms with Crippen LogP contribution in [0.1, 0.15) is 11.1 Å². The molecule has 7 aromatic carbocycles. The number of rotatable bonds is 6. The van der Waals surface area contributed by atoms with E-state index in [2.05, 4.69) is 181 Å². The van der Waals surface area contributed by atoms with Gasteiger partial charge in [-0.15, -0.1) is 0 Å². The molecule has 0 N–H and O–H groups in total. The van der Waals surface area contributed by atoms with Gasteiger partial charge in [0.05, 0.1) is 5.41 Å². The molecular weight excluding hydrogens is 635 g/mol. The molecule has 2 aliphatic carbocycles. The monoisotopic (exact) mass is 667 g/mol. The predicted molar refractivity (Wildman–Crippen MR) is 212 cm³/mol. The first-order valence-corrected chi connectivity index (χ1v) is 18.0. The van der Waals surface area contributed by atoms with Crippen molar-refractivity contribution >= 4 is 44.6 Å². The predicted octanol–water partition coefficient (Wildman–Crippen LogP) is 12.7. The van der Waals surface area contributed by atoms with Crippen molar-refractivity contribution in [2.75, 3.05) is 4.90 Å². The molecule has 1 spiro atoms. The van der Waals surface area contributed by atoms with E-state index >= 15 is 0 Å². The van der Waals surface area contributed by atoms with Crippen LogP contribution in [0.4, 0.5) is 17.1 Å². The SMILES string of the molecule is C1=CC2C3Oc4ccccc4C23C=C1c1ccc(N(c2ccc(-c3ccccc3)cc2)c2ccc(-c3cccc4c3oc3ccccc34)cc2)cc1. The van der Waals surface area contributed by atoms with E-state index in [9.17, 15) is 0 Å². The van der Waals surface area contributed by atoms with Crippen LogP contribution in [0.3, 0.4) is 0 Å². The number of benzene rings is 7. The van der Waals surface area contributed by atoms with Crippen LogP contribution in [-0.2, 0) is 5.41 Å². The Morgan fingerprint density at radius 3 is 1.88 bits per heavy atom. The van der Waals surface area contributed by atoms with Gasteiger partial charge in [-0.05, 0) is 76.4 Å². The van der Waals surface area contributed by atoms with Crippen molar-refractivity contribution in [1.82, 2.24) is 0 Å². The van der Waals surface area contributed by atoms with E-state index in [1.165, 1.54) is 27.8 Å². The van der Waals surface area contributed by atoms with Gasteiger partial charge in [0.1, 0.15) is 23.0 Å². The third kappa shape index (κ3) is 4.39. The second-order valence-corrected chi connectivity index (χ2v) is 14.1. The Labute approximate surface area is 302 Å². The van der Waals surface area contributed by atoms with Gasteiger partial charge in [-0.3, -0.25) is 0 Å². The van der Waals surface area contributed by atoms with Gasteiger partial charge in [0.25, 0.3) is 0 Å². The lowest BCUT2D eigenvalue weighted by molar-refractivity contribution is 0.302. The maximum absolute atomic E-state index is 6.39. The second-order valence-electron chi connectivity index (χ2n) is 14.1. The Morgan fingerprint density at radius 1 is 0.500 bits per heavy atom. The van der Waals surface area contributed by atoms with Crippen molar-refractivity contribution in [2.45, 2.75) is 11.5 Å². The van der Waals surface area contributed by atoms with Gasteiger partial charge in [-0.25, -0.2) is 0 Å². The minimum absolute atomic E-state index is 0.0413. The number of hydrogen-bond acceptors (Lipinski definition) is 3. The van der Waals surface area contributed by atoms with E-state index in [1.54, 1.807) is 0 Å². The van der Waals surface area contributed by atoms with Crippen LogP contribution in [0.25, 0.3) is 49.8 Å². The van der Waals surface area contributed by atoms with Crippen molar-refractivity contribution in [3.63, 3.8) is 0 Å². The van der Waals surface area contributed by atoms with Crippen LogP contribution in [0.5, 0.6) is 5.75 Å². The summed E-state index contributed by atoms with van der Waals surface area (Å²) in [6, 6.07) is 60.4. The maximum Gasteiger partial charge on any atom is 0.143 e. The molecule has 0 bridgehead atoms. The highest BCUT2D eigenvalue weighted by Gasteiger charge is 2.70. The number of furan rings is 1. The summed E-state index contributed by atoms with van der Waals surface area (Å²) in [5.41, 5.74) is 13.4. The van der Waals surface area contributed by atoms with Crippen molar-refractivity contribution in [3.8, 4) is 28.0 Å². The standard InChI is InChI=1S/C49H33NO2/c1-2-9-32(10-3-1)33-17-24-37(25-18-33)50(39-28-21-35(22-29-39)40-12-8-13-42-41-11-4-6-15-45(41)51-47(40)42)38-26-19-34(20-27-38)36-23-30-44-48-49(44,31-36)43-14-5-7-16-46(43)52-48/h1-31,44,48H. The van der Waals surface area contributed by atoms with Crippen LogP contribution >= 0.6 is 0 Å². The minimum Gasteiger partial charge on any atom is -0.488 e. The van der Waals surface area contributed by atoms with E-state index in [4.69, 9.17) is 9.15 Å². The molecule has 3 atom stereocenters. The minimum atomic E-state index is -0.0413. The highest BCUT2D eigenvalue weighted by molar-refractivity contribution is 6.09. The molecule has 0 radical (unpaired) electrons. The molecule has 3 aliphatic rings. The van der Waals surface area contributed by atoms with Crippen LogP contribution < -0.4 is 9.64 Å². The maximum atomic E-state index is 6.39. The molecule has 0 amide bonds. The molecule has 246 valence electrons. The van der Waals surface area contributed by atoms with E-state index in [1.807, 2.05) is 12.1 Å². The van der Waals surface area contributed by atoms with Gasteiger partial charge >= 0.3 is 0 Å². The lowest BCUT2D eigenvalue weighted by atomic mass is 9.86. The number of para-hydroxylation sites is 3. The molecule has 52 heavy (non-hydrogen) atoms. The molecule has 3 nitrogen and oxygen atoms in total. The number of fused-ring (bicyclic) bond motifs is 5. The van der Waals surface area contributed by atoms with Crippen LogP contribution in [-0.4, -0.2) is 6.10 Å². The van der Waals surface area contributed by atoms with Crippen LogP contribution in [0, 0.1) is 5.92 Å². The molecule has 0 saturated heterocycles. The van der Waals surface area contributed by atoms with Crippen molar-refractivity contribution < 1.29 is 9.15 Å². The van der Waals surface area contributed by atoms with Crippen LogP contribution in [0.15, 0.2) is 193 Å². The third-order valence-corrected chi connectivity index (χ3v) is 11.3. The zero-order chi connectivity index (χ0) is 34.2. The highest BCUT2D eigenvalue weighted by atomic mass is 16.5. The fourth-order valence-corrected chi connectivity index (χ4v) is 8.63. The Hall–Kier alpha value is -6.58. The summed E-state index contributed by atoms with van der Waals surface area (Å²) in [5.74, 6) is 1.45. The van der Waals surface area contributed by atoms with Gasteiger partial charge in [-0.2, -0.15) is 0 Å². The lowest BCUT2D eigenvalue weighted by Gasteiger charge is -2.26. The molecule has 1 saturated carbocycles. The van der Waals surface area contributed by atoms with E-state index < -0.39 is 0 Å². The summed E-state index contributed by atoms with van der Waals surface area (Å²) in [7, 11) is 0. The Bertz CT molecular complexity index is 2700. The van der Waals surface area contributed by atoms with Gasteiger partial charge in [0, 0.05) is 44.9 Å². The highest BCUT2D eigenvalue weighted by Crippen LogP contribution is 2.66. The molecule has 11 rings (SSSR count). The largest absolute Gasteiger partial charge is 0.488 e. The lowest BCUT2D eigenvalue weighted by Crippen LogP contribution is -2.10. The number of allylic oxidation sites excluding steroid dienone is 2. The van der Waals surface area contributed by atoms with E-state index in [0.717, 1.165) is 55.9 Å². The fraction of sp³-hybridized carbons (Fsp3) is 0.0612. The first-order chi connectivity index (χ1) is 25.7. The zero-order valence-electron chi connectivity index (χ0n) is 28.3. The average Bonchev–Trinajstić information content (AvgIpc) is 3.50. The van der Waals surface area contributed by atoms with Crippen LogP contribution in [0.2, 0.25) is 0 Å². The van der Waals surface area contributed by atoms with Gasteiger partial charge < -0.3 is 14.1 Å². The van der Waals surface area contributed by atoms with Gasteiger partial charge in [-0.1, -0.05) is 140 Å². The number of ether oxygens (including phenoxy) is 1. The molecule has 1 aliphatic heterocycles. The number of hydrogen-bond donors (Lipinski definition) is 0. The normalized spacial score (nSPS) is 19.4. The van der Waals surface area contributed by atoms with E-state index in [-0.39, 0.29) is 11.5 Å². The quantitative estimate of drug-likeness (QED) is 0.176. The molecule has 3 unspecified atom stereocenters. The summed E-state index contributed by atoms with van der Waals surface area (Å²) in [5, 5.41) is 2.28. The van der Waals surface area contributed by atoms with Crippen molar-refractivity contribution in [3.05, 3.63) is 199 Å². The molecule has 2 heterocycles. The second kappa shape index (κ2) is 11.2. The summed E-state index contributed by atoms with van der Waals surface area (Å²) in [6.07, 6.45) is 7.27. The Balaban J connectivity index is 0.967. The summed E-state index contributed by atoms with van der Waals surface area (Å²) in [4.78, 5) is 2.34. The summed E-state index contributed by atoms with van der Waals surface area (Å²) in [6.45, 7) is 0. The summed E-state index contributed by atoms with van der Waals surface area (Å²) >= 11 is 0. The Kier molecular flexibility index (Phi) is 6.29. The summed E-state index contributed by atoms with van der Waals surface area (Å²) < 4.78 is 12.7. The first kappa shape index (κ1) is 29.2. The molecule has 8 aromatic rings. The van der Waals surface area contributed by atoms with Crippen molar-refractivity contribution in [1.29, 1.82) is 0 Å². The smallest absolute Gasteiger partial charge is 0.143 e. The zero-order valence-corrected chi connectivity index (χ0v) is 28.3. The van der Waals surface area contributed by atoms with E-state index in [0.29, 0.717) is 5.92 Å². The first-order valence-electron chi connectivity index (χ1n) is 18.0. The topological polar surface area (TPSA) is 25.6 Å². The van der Waals surface area contributed by atoms with Gasteiger partial charge in [0.15, 0.2) is 0 Å². The number of anilines is 3. The van der Waals surface area contributed by atoms with Crippen molar-refractivity contribution in [2.24, 2.45) is 5.92 Å². The molecule has 1 fully saturated rings. The Morgan fingerprint density at radius 2 is 1.12 bits per heavy atom. The third-order valence-electron chi connectivity index (χ3n) is 11.3. The number of nitrogens with zero attached hydrogens (tertiary/aromatic N) is 1. The molecule has 3 heteroatoms. The fourth-order valence-electron chi connectivity index (χ4n) is 8.63. The molecule has 1 aromatic heterocycles.